The van der Waals surface area contributed by atoms with Gasteiger partial charge in [-0.1, -0.05) is 98.3 Å². The second-order valence-corrected chi connectivity index (χ2v) is 11.8. The molecule has 0 saturated carbocycles. The molecule has 0 radical (unpaired) electrons. The second kappa shape index (κ2) is 14.7. The molecule has 8 nitrogen and oxygen atoms in total. The van der Waals surface area contributed by atoms with Crippen LogP contribution in [0, 0.1) is 5.92 Å². The summed E-state index contributed by atoms with van der Waals surface area (Å²) in [5, 5.41) is 7.56. The molecule has 1 amide bonds. The van der Waals surface area contributed by atoms with Crippen LogP contribution in [0.3, 0.4) is 0 Å². The molecule has 6 rings (SSSR count). The fraction of sp³-hybridized carbons (Fsp3) is 0.263. The van der Waals surface area contributed by atoms with Gasteiger partial charge in [0.15, 0.2) is 0 Å². The highest BCUT2D eigenvalue weighted by atomic mass is 16.5. The SMILES string of the molecule is CCCCc1ncc(COC(=O)C(Cc2cnc[nH]2)NC(=O)C(Cc2cccc3ccccc23)Cc2cccc3ccccc23)[nH]1. The van der Waals surface area contributed by atoms with Crippen molar-refractivity contribution in [1.82, 2.24) is 25.3 Å². The van der Waals surface area contributed by atoms with Crippen LogP contribution >= 0.6 is 0 Å². The Balaban J connectivity index is 1.26. The van der Waals surface area contributed by atoms with Gasteiger partial charge in [-0.15, -0.1) is 0 Å². The second-order valence-electron chi connectivity index (χ2n) is 11.8. The van der Waals surface area contributed by atoms with Crippen LogP contribution in [0.4, 0.5) is 0 Å². The minimum absolute atomic E-state index is 0.0444. The number of esters is 1. The first-order valence-electron chi connectivity index (χ1n) is 16.0. The average Bonchev–Trinajstić information content (AvgIpc) is 3.78. The Kier molecular flexibility index (Phi) is 9.83. The Hall–Kier alpha value is -5.24. The number of fused-ring (bicyclic) bond motifs is 2. The van der Waals surface area contributed by atoms with E-state index < -0.39 is 17.9 Å². The lowest BCUT2D eigenvalue weighted by Crippen LogP contribution is -2.46. The monoisotopic (exact) mass is 613 g/mol. The molecule has 0 aliphatic heterocycles. The molecule has 234 valence electrons. The van der Waals surface area contributed by atoms with E-state index in [1.807, 2.05) is 36.4 Å². The summed E-state index contributed by atoms with van der Waals surface area (Å²) in [6.45, 7) is 2.18. The molecule has 2 heterocycles. The molecule has 3 N–H and O–H groups in total. The van der Waals surface area contributed by atoms with E-state index in [9.17, 15) is 9.59 Å². The number of ether oxygens (including phenoxy) is 1. The molecule has 6 aromatic rings. The lowest BCUT2D eigenvalue weighted by molar-refractivity contribution is -0.149. The third kappa shape index (κ3) is 7.51. The Bertz CT molecular complexity index is 1820. The summed E-state index contributed by atoms with van der Waals surface area (Å²) in [6.07, 6.45) is 9.11. The number of carbonyl (C=O) groups excluding carboxylic acids is 2. The van der Waals surface area contributed by atoms with Crippen molar-refractivity contribution in [2.75, 3.05) is 0 Å². The van der Waals surface area contributed by atoms with Gasteiger partial charge in [-0.3, -0.25) is 4.79 Å². The number of benzene rings is 4. The minimum atomic E-state index is -0.905. The molecule has 1 unspecified atom stereocenters. The van der Waals surface area contributed by atoms with Gasteiger partial charge >= 0.3 is 5.97 Å². The number of amides is 1. The first kappa shape index (κ1) is 30.8. The fourth-order valence-electron chi connectivity index (χ4n) is 6.03. The predicted octanol–water partition coefficient (Wildman–Crippen LogP) is 6.65. The first-order valence-corrected chi connectivity index (χ1v) is 16.0. The molecule has 46 heavy (non-hydrogen) atoms. The van der Waals surface area contributed by atoms with Crippen LogP contribution < -0.4 is 5.32 Å². The number of unbranched alkanes of at least 4 members (excludes halogenated alkanes) is 1. The molecule has 0 fully saturated rings. The third-order valence-electron chi connectivity index (χ3n) is 8.46. The van der Waals surface area contributed by atoms with E-state index in [4.69, 9.17) is 4.74 Å². The number of nitrogens with one attached hydrogen (secondary N) is 3. The fourth-order valence-corrected chi connectivity index (χ4v) is 6.03. The maximum atomic E-state index is 14.3. The van der Waals surface area contributed by atoms with E-state index in [2.05, 4.69) is 80.7 Å². The lowest BCUT2D eigenvalue weighted by Gasteiger charge is -2.23. The van der Waals surface area contributed by atoms with Crippen LogP contribution in [0.5, 0.6) is 0 Å². The molecule has 2 aromatic heterocycles. The number of carbonyl (C=O) groups is 2. The topological polar surface area (TPSA) is 113 Å². The highest BCUT2D eigenvalue weighted by Gasteiger charge is 2.29. The van der Waals surface area contributed by atoms with E-state index in [0.717, 1.165) is 69.1 Å². The van der Waals surface area contributed by atoms with Gasteiger partial charge in [-0.25, -0.2) is 14.8 Å². The zero-order valence-corrected chi connectivity index (χ0v) is 26.0. The van der Waals surface area contributed by atoms with Gasteiger partial charge in [0.25, 0.3) is 0 Å². The number of hydrogen-bond donors (Lipinski definition) is 3. The maximum absolute atomic E-state index is 14.3. The number of hydrogen-bond acceptors (Lipinski definition) is 5. The van der Waals surface area contributed by atoms with E-state index in [1.54, 1.807) is 18.7 Å². The zero-order valence-electron chi connectivity index (χ0n) is 26.0. The van der Waals surface area contributed by atoms with Crippen molar-refractivity contribution in [3.8, 4) is 0 Å². The Labute approximate surface area is 268 Å². The van der Waals surface area contributed by atoms with Crippen LogP contribution in [-0.2, 0) is 46.6 Å². The van der Waals surface area contributed by atoms with Gasteiger partial charge in [0.2, 0.25) is 5.91 Å². The maximum Gasteiger partial charge on any atom is 0.329 e. The van der Waals surface area contributed by atoms with Crippen LogP contribution in [0.25, 0.3) is 21.5 Å². The number of rotatable bonds is 14. The van der Waals surface area contributed by atoms with Gasteiger partial charge in [-0.2, -0.15) is 0 Å². The van der Waals surface area contributed by atoms with Crippen molar-refractivity contribution in [2.24, 2.45) is 5.92 Å². The number of nitrogens with zero attached hydrogens (tertiary/aromatic N) is 2. The Morgan fingerprint density at radius 3 is 2.09 bits per heavy atom. The molecule has 1 atom stereocenters. The van der Waals surface area contributed by atoms with Gasteiger partial charge in [0, 0.05) is 30.7 Å². The van der Waals surface area contributed by atoms with Crippen LogP contribution in [-0.4, -0.2) is 37.9 Å². The van der Waals surface area contributed by atoms with Crippen LogP contribution in [0.2, 0.25) is 0 Å². The molecular weight excluding hydrogens is 574 g/mol. The molecule has 4 aromatic carbocycles. The van der Waals surface area contributed by atoms with E-state index in [0.29, 0.717) is 12.8 Å². The van der Waals surface area contributed by atoms with Crippen LogP contribution in [0.15, 0.2) is 104 Å². The van der Waals surface area contributed by atoms with Gasteiger partial charge in [-0.05, 0) is 51.9 Å². The molecule has 0 bridgehead atoms. The standard InChI is InChI=1S/C38H39N5O3/c1-2-3-18-36-40-23-32(42-36)24-46-38(45)35(21-31-22-39-25-41-31)43-37(44)30(19-28-14-8-12-26-10-4-6-16-33(26)28)20-29-15-9-13-27-11-5-7-17-34(27)29/h4-17,22-23,25,30,35H,2-3,18-21,24H2,1H3,(H,39,41)(H,40,42)(H,43,44). The lowest BCUT2D eigenvalue weighted by atomic mass is 9.87. The van der Waals surface area contributed by atoms with Crippen molar-refractivity contribution >= 4 is 33.4 Å². The predicted molar refractivity (Wildman–Crippen MR) is 180 cm³/mol. The molecule has 0 spiro atoms. The van der Waals surface area contributed by atoms with E-state index in [1.165, 1.54) is 0 Å². The van der Waals surface area contributed by atoms with Gasteiger partial charge < -0.3 is 20.0 Å². The molecule has 0 aliphatic carbocycles. The average molecular weight is 614 g/mol. The van der Waals surface area contributed by atoms with Crippen molar-refractivity contribution in [1.29, 1.82) is 0 Å². The quantitative estimate of drug-likeness (QED) is 0.119. The number of aromatic amines is 2. The summed E-state index contributed by atoms with van der Waals surface area (Å²) in [6, 6.07) is 28.0. The minimum Gasteiger partial charge on any atom is -0.458 e. The summed E-state index contributed by atoms with van der Waals surface area (Å²) in [5.74, 6) is -0.283. The zero-order chi connectivity index (χ0) is 31.7. The number of aryl methyl sites for hydroxylation is 1. The summed E-state index contributed by atoms with van der Waals surface area (Å²) in [7, 11) is 0. The van der Waals surface area contributed by atoms with E-state index >= 15 is 0 Å². The molecule has 8 heteroatoms. The Morgan fingerprint density at radius 2 is 1.46 bits per heavy atom. The molecular formula is C38H39N5O3. The van der Waals surface area contributed by atoms with Crippen molar-refractivity contribution in [3.63, 3.8) is 0 Å². The smallest absolute Gasteiger partial charge is 0.329 e. The highest BCUT2D eigenvalue weighted by molar-refractivity contribution is 5.90. The van der Waals surface area contributed by atoms with Crippen molar-refractivity contribution in [3.05, 3.63) is 132 Å². The van der Waals surface area contributed by atoms with Crippen molar-refractivity contribution in [2.45, 2.75) is 58.1 Å². The van der Waals surface area contributed by atoms with Crippen LogP contribution in [0.1, 0.15) is 48.1 Å². The van der Waals surface area contributed by atoms with Gasteiger partial charge in [0.1, 0.15) is 18.5 Å². The summed E-state index contributed by atoms with van der Waals surface area (Å²) < 4.78 is 5.73. The highest BCUT2D eigenvalue weighted by Crippen LogP contribution is 2.26. The van der Waals surface area contributed by atoms with Crippen molar-refractivity contribution < 1.29 is 14.3 Å². The number of imidazole rings is 2. The largest absolute Gasteiger partial charge is 0.458 e. The van der Waals surface area contributed by atoms with Gasteiger partial charge in [0.05, 0.1) is 18.2 Å². The Morgan fingerprint density at radius 1 is 0.804 bits per heavy atom. The van der Waals surface area contributed by atoms with E-state index in [-0.39, 0.29) is 18.9 Å². The third-order valence-corrected chi connectivity index (χ3v) is 8.46. The molecule has 0 saturated heterocycles. The summed E-state index contributed by atoms with van der Waals surface area (Å²) in [5.41, 5.74) is 3.62. The summed E-state index contributed by atoms with van der Waals surface area (Å²) in [4.78, 5) is 42.6. The first-order chi connectivity index (χ1) is 22.6. The summed E-state index contributed by atoms with van der Waals surface area (Å²) >= 11 is 0. The molecule has 0 aliphatic rings. The normalized spacial score (nSPS) is 12.0. The number of aromatic nitrogens is 4. The number of H-pyrrole nitrogens is 2.